The molecule has 2 atom stereocenters. The van der Waals surface area contributed by atoms with Gasteiger partial charge in [0.2, 0.25) is 5.91 Å². The minimum Gasteiger partial charge on any atom is -0.347 e. The molecule has 1 saturated carbocycles. The van der Waals surface area contributed by atoms with Crippen molar-refractivity contribution in [2.24, 2.45) is 11.8 Å². The average Bonchev–Trinajstić information content (AvgIpc) is 3.12. The highest BCUT2D eigenvalue weighted by molar-refractivity contribution is 6.31. The maximum atomic E-state index is 14.6. The summed E-state index contributed by atoms with van der Waals surface area (Å²) >= 11 is 5.67. The van der Waals surface area contributed by atoms with E-state index < -0.39 is 52.8 Å². The van der Waals surface area contributed by atoms with Gasteiger partial charge in [0.25, 0.3) is 0 Å². The van der Waals surface area contributed by atoms with Crippen LogP contribution in [0.15, 0.2) is 12.1 Å². The lowest BCUT2D eigenvalue weighted by molar-refractivity contribution is -0.184. The van der Waals surface area contributed by atoms with Gasteiger partial charge in [-0.15, -0.1) is 0 Å². The number of hydrogen-bond acceptors (Lipinski definition) is 2. The van der Waals surface area contributed by atoms with Crippen molar-refractivity contribution in [2.45, 2.75) is 50.4 Å². The molecule has 1 aliphatic carbocycles. The van der Waals surface area contributed by atoms with Gasteiger partial charge in [-0.1, -0.05) is 17.7 Å². The Bertz CT molecular complexity index is 812. The van der Waals surface area contributed by atoms with E-state index in [9.17, 15) is 31.5 Å². The second-order valence-corrected chi connectivity index (χ2v) is 8.11. The minimum absolute atomic E-state index is 0.0376. The lowest BCUT2D eigenvalue weighted by Crippen LogP contribution is -2.45. The number of urea groups is 1. The van der Waals surface area contributed by atoms with E-state index in [1.165, 1.54) is 0 Å². The zero-order valence-corrected chi connectivity index (χ0v) is 16.5. The van der Waals surface area contributed by atoms with Gasteiger partial charge in [0.1, 0.15) is 22.7 Å². The predicted octanol–water partition coefficient (Wildman–Crippen LogP) is 4.22. The molecule has 1 aromatic rings. The summed E-state index contributed by atoms with van der Waals surface area (Å²) in [6.45, 7) is 0.0424. The fourth-order valence-electron chi connectivity index (χ4n) is 4.02. The molecule has 0 unspecified atom stereocenters. The summed E-state index contributed by atoms with van der Waals surface area (Å²) in [5.74, 6) is -4.12. The third-order valence-corrected chi connectivity index (χ3v) is 6.07. The topological polar surface area (TPSA) is 70.2 Å². The lowest BCUT2D eigenvalue weighted by Gasteiger charge is -2.32. The van der Waals surface area contributed by atoms with Gasteiger partial charge < -0.3 is 16.0 Å². The van der Waals surface area contributed by atoms with Crippen LogP contribution in [0.2, 0.25) is 5.02 Å². The fourth-order valence-corrected chi connectivity index (χ4v) is 4.19. The second kappa shape index (κ2) is 8.95. The Hall–Kier alpha value is -2.10. The standard InChI is InChI=1S/C19H21ClF5N3O2/c20-15-12(21)6-5-11(16(15)22)13(27-17(29)14-8-26-18(30)28-14)7-9-1-3-10(4-2-9)19(23,24)25/h5-6,9-10,13-14H,1-4,7-8H2,(H,27,29)(H2,26,28,30)/t9?,10?,13-,14+/m1/s1. The molecule has 11 heteroatoms. The zero-order valence-electron chi connectivity index (χ0n) is 15.8. The predicted molar refractivity (Wildman–Crippen MR) is 98.7 cm³/mol. The van der Waals surface area contributed by atoms with Crippen LogP contribution in [0, 0.1) is 23.5 Å². The minimum atomic E-state index is -4.25. The van der Waals surface area contributed by atoms with E-state index in [2.05, 4.69) is 16.0 Å². The first kappa shape index (κ1) is 22.6. The third-order valence-electron chi connectivity index (χ3n) is 5.72. The van der Waals surface area contributed by atoms with E-state index in [0.29, 0.717) is 0 Å². The molecule has 2 fully saturated rings. The molecule has 1 aliphatic heterocycles. The van der Waals surface area contributed by atoms with Crippen LogP contribution in [0.5, 0.6) is 0 Å². The van der Waals surface area contributed by atoms with Crippen molar-refractivity contribution in [3.05, 3.63) is 34.4 Å². The summed E-state index contributed by atoms with van der Waals surface area (Å²) in [5.41, 5.74) is -0.0509. The molecule has 0 bridgehead atoms. The maximum Gasteiger partial charge on any atom is 0.391 e. The van der Waals surface area contributed by atoms with Crippen molar-refractivity contribution < 1.29 is 31.5 Å². The van der Waals surface area contributed by atoms with Crippen LogP contribution in [0.25, 0.3) is 0 Å². The molecule has 1 heterocycles. The van der Waals surface area contributed by atoms with Gasteiger partial charge in [-0.2, -0.15) is 13.2 Å². The summed E-state index contributed by atoms with van der Waals surface area (Å²) in [6, 6.07) is -0.193. The van der Waals surface area contributed by atoms with Crippen molar-refractivity contribution in [3.8, 4) is 0 Å². The maximum absolute atomic E-state index is 14.6. The molecule has 3 rings (SSSR count). The van der Waals surface area contributed by atoms with Crippen molar-refractivity contribution >= 4 is 23.5 Å². The number of alkyl halides is 3. The van der Waals surface area contributed by atoms with E-state index in [1.807, 2.05) is 0 Å². The van der Waals surface area contributed by atoms with Gasteiger partial charge in [0.05, 0.1) is 12.0 Å². The van der Waals surface area contributed by atoms with Gasteiger partial charge in [-0.3, -0.25) is 4.79 Å². The lowest BCUT2D eigenvalue weighted by atomic mass is 9.78. The number of nitrogens with one attached hydrogen (secondary N) is 3. The summed E-state index contributed by atoms with van der Waals surface area (Å²) < 4.78 is 66.9. The molecule has 166 valence electrons. The van der Waals surface area contributed by atoms with Crippen molar-refractivity contribution in [1.82, 2.24) is 16.0 Å². The van der Waals surface area contributed by atoms with Crippen molar-refractivity contribution in [1.29, 1.82) is 0 Å². The normalized spacial score (nSPS) is 25.4. The number of rotatable bonds is 5. The van der Waals surface area contributed by atoms with Crippen LogP contribution < -0.4 is 16.0 Å². The van der Waals surface area contributed by atoms with Crippen LogP contribution >= 0.6 is 11.6 Å². The van der Waals surface area contributed by atoms with Gasteiger partial charge in [0.15, 0.2) is 0 Å². The molecule has 1 aromatic carbocycles. The van der Waals surface area contributed by atoms with E-state index in [4.69, 9.17) is 11.6 Å². The van der Waals surface area contributed by atoms with Gasteiger partial charge in [-0.05, 0) is 44.1 Å². The Labute approximate surface area is 174 Å². The van der Waals surface area contributed by atoms with Crippen LogP contribution in [0.3, 0.4) is 0 Å². The van der Waals surface area contributed by atoms with Gasteiger partial charge >= 0.3 is 12.2 Å². The average molecular weight is 454 g/mol. The Morgan fingerprint density at radius 3 is 2.43 bits per heavy atom. The molecular weight excluding hydrogens is 433 g/mol. The Morgan fingerprint density at radius 2 is 1.87 bits per heavy atom. The number of halogens is 6. The Kier molecular flexibility index (Phi) is 6.74. The molecule has 30 heavy (non-hydrogen) atoms. The number of carbonyl (C=O) groups is 2. The molecule has 2 aliphatic rings. The van der Waals surface area contributed by atoms with E-state index >= 15 is 0 Å². The number of amides is 3. The molecule has 0 spiro atoms. The van der Waals surface area contributed by atoms with E-state index in [1.54, 1.807) is 0 Å². The third kappa shape index (κ3) is 5.14. The highest BCUT2D eigenvalue weighted by Crippen LogP contribution is 2.42. The highest BCUT2D eigenvalue weighted by atomic mass is 35.5. The largest absolute Gasteiger partial charge is 0.391 e. The summed E-state index contributed by atoms with van der Waals surface area (Å²) in [5, 5.41) is 6.75. The quantitative estimate of drug-likeness (QED) is 0.461. The van der Waals surface area contributed by atoms with E-state index in [0.717, 1.165) is 12.1 Å². The summed E-state index contributed by atoms with van der Waals surface area (Å²) in [7, 11) is 0. The van der Waals surface area contributed by atoms with E-state index in [-0.39, 0.29) is 50.1 Å². The SMILES string of the molecule is O=C1NC[C@@H](C(=O)N[C@H](CC2CCC(C(F)(F)F)CC2)c2ccc(F)c(Cl)c2F)N1. The zero-order chi connectivity index (χ0) is 22.1. The Balaban J connectivity index is 1.76. The van der Waals surface area contributed by atoms with Crippen LogP contribution in [-0.4, -0.2) is 30.7 Å². The number of carbonyl (C=O) groups excluding carboxylic acids is 2. The molecule has 5 nitrogen and oxygen atoms in total. The van der Waals surface area contributed by atoms with Gasteiger partial charge in [-0.25, -0.2) is 13.6 Å². The number of hydrogen-bond donors (Lipinski definition) is 3. The second-order valence-electron chi connectivity index (χ2n) is 7.73. The van der Waals surface area contributed by atoms with Crippen LogP contribution in [0.4, 0.5) is 26.7 Å². The first-order chi connectivity index (χ1) is 14.1. The van der Waals surface area contributed by atoms with Crippen molar-refractivity contribution in [3.63, 3.8) is 0 Å². The molecule has 0 aromatic heterocycles. The van der Waals surface area contributed by atoms with Crippen LogP contribution in [0.1, 0.15) is 43.7 Å². The van der Waals surface area contributed by atoms with Crippen molar-refractivity contribution in [2.75, 3.05) is 6.54 Å². The highest BCUT2D eigenvalue weighted by Gasteiger charge is 2.42. The molecule has 0 radical (unpaired) electrons. The molecule has 3 amide bonds. The first-order valence-corrected chi connectivity index (χ1v) is 9.99. The molecular formula is C19H21ClF5N3O2. The summed E-state index contributed by atoms with van der Waals surface area (Å²) in [4.78, 5) is 23.8. The molecule has 1 saturated heterocycles. The van der Waals surface area contributed by atoms with Crippen LogP contribution in [-0.2, 0) is 4.79 Å². The summed E-state index contributed by atoms with van der Waals surface area (Å²) in [6.07, 6.45) is -3.61. The first-order valence-electron chi connectivity index (χ1n) is 9.61. The molecule has 3 N–H and O–H groups in total. The number of benzene rings is 1. The fraction of sp³-hybridized carbons (Fsp3) is 0.579. The van der Waals surface area contributed by atoms with Gasteiger partial charge in [0, 0.05) is 12.1 Å². The smallest absolute Gasteiger partial charge is 0.347 e. The Morgan fingerprint density at radius 1 is 1.20 bits per heavy atom. The monoisotopic (exact) mass is 453 g/mol.